The normalized spacial score (nSPS) is 22.2. The highest BCUT2D eigenvalue weighted by molar-refractivity contribution is 7.92. The number of sulfone groups is 1. The summed E-state index contributed by atoms with van der Waals surface area (Å²) in [7, 11) is -3.60. The highest BCUT2D eigenvalue weighted by Crippen LogP contribution is 2.44. The first-order chi connectivity index (χ1) is 16.2. The lowest BCUT2D eigenvalue weighted by Crippen LogP contribution is -2.56. The molecular weight excluding hydrogens is 513 g/mol. The van der Waals surface area contributed by atoms with Crippen LogP contribution in [0.2, 0.25) is 10.0 Å². The summed E-state index contributed by atoms with van der Waals surface area (Å²) in [6.45, 7) is 6.47. The molecule has 0 aliphatic carbocycles. The van der Waals surface area contributed by atoms with Crippen LogP contribution in [0.15, 0.2) is 48.5 Å². The van der Waals surface area contributed by atoms with Gasteiger partial charge in [0, 0.05) is 16.1 Å². The smallest absolute Gasteiger partial charge is 0.306 e. The lowest BCUT2D eigenvalue weighted by atomic mass is 9.90. The van der Waals surface area contributed by atoms with Gasteiger partial charge < -0.3 is 14.7 Å². The van der Waals surface area contributed by atoms with Crippen LogP contribution in [-0.2, 0) is 24.2 Å². The van der Waals surface area contributed by atoms with Gasteiger partial charge in [-0.05, 0) is 63.1 Å². The molecule has 7 nitrogen and oxygen atoms in total. The van der Waals surface area contributed by atoms with Gasteiger partial charge in [0.2, 0.25) is 0 Å². The zero-order chi connectivity index (χ0) is 26.1. The first-order valence-corrected chi connectivity index (χ1v) is 13.5. The molecule has 0 radical (unpaired) electrons. The van der Waals surface area contributed by atoms with Crippen molar-refractivity contribution < 1.29 is 27.9 Å². The minimum Gasteiger partial charge on any atom is -0.481 e. The third-order valence-corrected chi connectivity index (χ3v) is 9.32. The average molecular weight is 542 g/mol. The van der Waals surface area contributed by atoms with Gasteiger partial charge in [-0.1, -0.05) is 47.5 Å². The van der Waals surface area contributed by atoms with Crippen LogP contribution in [0.5, 0.6) is 0 Å². The van der Waals surface area contributed by atoms with E-state index in [1.54, 1.807) is 76.2 Å². The third kappa shape index (κ3) is 6.17. The Morgan fingerprint density at radius 3 is 2.26 bits per heavy atom. The van der Waals surface area contributed by atoms with E-state index in [-0.39, 0.29) is 5.75 Å². The number of ether oxygens (including phenoxy) is 1. The standard InChI is InChI=1S/C25H29Cl2NO6S/c1-15(14-35(32,33)25(2,3)4)28-22(16-8-10-18(26)11-9-16)23(17-6-5-7-19(27)12-17)34-20(24(28)31)13-21(29)30/h5-12,15,20,22-23H,13-14H2,1-4H3,(H,29,30)/t15?,20-,22+,23+/m0/s1. The molecule has 1 aliphatic heterocycles. The van der Waals surface area contributed by atoms with Crippen LogP contribution in [0, 0.1) is 0 Å². The van der Waals surface area contributed by atoms with Crippen molar-refractivity contribution in [1.82, 2.24) is 4.90 Å². The van der Waals surface area contributed by atoms with Gasteiger partial charge in [-0.2, -0.15) is 0 Å². The van der Waals surface area contributed by atoms with Gasteiger partial charge >= 0.3 is 5.97 Å². The topological polar surface area (TPSA) is 101 Å². The van der Waals surface area contributed by atoms with E-state index in [0.29, 0.717) is 21.2 Å². The van der Waals surface area contributed by atoms with Gasteiger partial charge in [-0.25, -0.2) is 8.42 Å². The molecule has 10 heteroatoms. The summed E-state index contributed by atoms with van der Waals surface area (Å²) in [6.07, 6.45) is -2.64. The molecule has 0 spiro atoms. The predicted octanol–water partition coefficient (Wildman–Crippen LogP) is 5.08. The van der Waals surface area contributed by atoms with Crippen LogP contribution in [0.3, 0.4) is 0 Å². The Balaban J connectivity index is 2.17. The van der Waals surface area contributed by atoms with E-state index in [1.807, 2.05) is 0 Å². The number of halogens is 2. The van der Waals surface area contributed by atoms with Crippen molar-refractivity contribution in [1.29, 1.82) is 0 Å². The van der Waals surface area contributed by atoms with E-state index in [1.165, 1.54) is 4.90 Å². The Morgan fingerprint density at radius 1 is 1.09 bits per heavy atom. The molecule has 1 amide bonds. The maximum atomic E-state index is 13.6. The molecule has 0 bridgehead atoms. The van der Waals surface area contributed by atoms with Gasteiger partial charge in [-0.15, -0.1) is 0 Å². The Morgan fingerprint density at radius 2 is 1.71 bits per heavy atom. The second-order valence-electron chi connectivity index (χ2n) is 9.68. The fourth-order valence-corrected chi connectivity index (χ4v) is 5.75. The molecule has 3 rings (SSSR count). The predicted molar refractivity (Wildman–Crippen MR) is 135 cm³/mol. The maximum Gasteiger partial charge on any atom is 0.306 e. The first kappa shape index (κ1) is 27.5. The fourth-order valence-electron chi connectivity index (χ4n) is 4.13. The van der Waals surface area contributed by atoms with Crippen LogP contribution in [-0.4, -0.2) is 52.9 Å². The monoisotopic (exact) mass is 541 g/mol. The SMILES string of the molecule is CC(CS(=O)(=O)C(C)(C)C)N1C(=O)[C@H](CC(=O)O)O[C@H](c2cccc(Cl)c2)[C@H]1c1ccc(Cl)cc1. The van der Waals surface area contributed by atoms with Crippen LogP contribution in [0.1, 0.15) is 57.4 Å². The molecule has 35 heavy (non-hydrogen) atoms. The van der Waals surface area contributed by atoms with E-state index < -0.39 is 57.2 Å². The number of aliphatic carboxylic acids is 1. The van der Waals surface area contributed by atoms with Gasteiger partial charge in [0.05, 0.1) is 23.0 Å². The van der Waals surface area contributed by atoms with Crippen molar-refractivity contribution in [2.75, 3.05) is 5.75 Å². The van der Waals surface area contributed by atoms with E-state index in [2.05, 4.69) is 0 Å². The molecule has 190 valence electrons. The van der Waals surface area contributed by atoms with Crippen molar-refractivity contribution in [2.45, 2.75) is 63.2 Å². The second kappa shape index (κ2) is 10.5. The highest BCUT2D eigenvalue weighted by atomic mass is 35.5. The van der Waals surface area contributed by atoms with E-state index in [0.717, 1.165) is 0 Å². The minimum absolute atomic E-state index is 0.297. The molecule has 0 aromatic heterocycles. The van der Waals surface area contributed by atoms with Crippen molar-refractivity contribution in [3.8, 4) is 0 Å². The minimum atomic E-state index is -3.60. The number of benzene rings is 2. The quantitative estimate of drug-likeness (QED) is 0.524. The number of morpholine rings is 1. The van der Waals surface area contributed by atoms with Crippen LogP contribution < -0.4 is 0 Å². The molecule has 1 unspecified atom stereocenters. The molecule has 1 N–H and O–H groups in total. The van der Waals surface area contributed by atoms with Gasteiger partial charge in [0.15, 0.2) is 9.84 Å². The zero-order valence-corrected chi connectivity index (χ0v) is 22.3. The summed E-state index contributed by atoms with van der Waals surface area (Å²) in [5.41, 5.74) is 1.30. The number of carbonyl (C=O) groups excluding carboxylic acids is 1. The summed E-state index contributed by atoms with van der Waals surface area (Å²) in [6, 6.07) is 12.2. The molecule has 4 atom stereocenters. The van der Waals surface area contributed by atoms with Crippen LogP contribution >= 0.6 is 23.2 Å². The number of amides is 1. The molecule has 1 fully saturated rings. The summed E-state index contributed by atoms with van der Waals surface area (Å²) >= 11 is 12.3. The lowest BCUT2D eigenvalue weighted by Gasteiger charge is -2.47. The Labute approximate surface area is 215 Å². The number of carbonyl (C=O) groups is 2. The molecule has 0 saturated carbocycles. The van der Waals surface area contributed by atoms with Crippen LogP contribution in [0.25, 0.3) is 0 Å². The van der Waals surface area contributed by atoms with E-state index >= 15 is 0 Å². The van der Waals surface area contributed by atoms with Gasteiger partial charge in [-0.3, -0.25) is 9.59 Å². The molecule has 1 saturated heterocycles. The number of carboxylic acid groups (broad SMARTS) is 1. The van der Waals surface area contributed by atoms with E-state index in [4.69, 9.17) is 27.9 Å². The Hall–Kier alpha value is -2.13. The highest BCUT2D eigenvalue weighted by Gasteiger charge is 2.47. The summed E-state index contributed by atoms with van der Waals surface area (Å²) in [4.78, 5) is 26.6. The number of rotatable bonds is 7. The molecule has 1 heterocycles. The first-order valence-electron chi connectivity index (χ1n) is 11.1. The fraction of sp³-hybridized carbons (Fsp3) is 0.440. The van der Waals surface area contributed by atoms with Crippen molar-refractivity contribution in [3.05, 3.63) is 69.7 Å². The molecule has 2 aromatic rings. The molecule has 2 aromatic carbocycles. The summed E-state index contributed by atoms with van der Waals surface area (Å²) < 4.78 is 31.2. The van der Waals surface area contributed by atoms with Crippen molar-refractivity contribution in [2.24, 2.45) is 0 Å². The number of carboxylic acids is 1. The lowest BCUT2D eigenvalue weighted by molar-refractivity contribution is -0.182. The Kier molecular flexibility index (Phi) is 8.21. The molecule has 1 aliphatic rings. The van der Waals surface area contributed by atoms with Gasteiger partial charge in [0.1, 0.15) is 12.2 Å². The van der Waals surface area contributed by atoms with E-state index in [9.17, 15) is 23.1 Å². The number of hydrogen-bond acceptors (Lipinski definition) is 5. The number of nitrogens with zero attached hydrogens (tertiary/aromatic N) is 1. The number of hydrogen-bond donors (Lipinski definition) is 1. The largest absolute Gasteiger partial charge is 0.481 e. The summed E-state index contributed by atoms with van der Waals surface area (Å²) in [5, 5.41) is 10.4. The second-order valence-corrected chi connectivity index (χ2v) is 13.3. The Bertz CT molecular complexity index is 1190. The van der Waals surface area contributed by atoms with Crippen molar-refractivity contribution >= 4 is 44.9 Å². The van der Waals surface area contributed by atoms with Crippen LogP contribution in [0.4, 0.5) is 0 Å². The molecular formula is C25H29Cl2NO6S. The summed E-state index contributed by atoms with van der Waals surface area (Å²) in [5.74, 6) is -2.08. The van der Waals surface area contributed by atoms with Crippen molar-refractivity contribution in [3.63, 3.8) is 0 Å². The third-order valence-electron chi connectivity index (χ3n) is 6.04. The average Bonchev–Trinajstić information content (AvgIpc) is 2.74. The maximum absolute atomic E-state index is 13.6. The zero-order valence-electron chi connectivity index (χ0n) is 19.9. The van der Waals surface area contributed by atoms with Gasteiger partial charge in [0.25, 0.3) is 5.91 Å².